The van der Waals surface area contributed by atoms with E-state index in [1.54, 1.807) is 55.9 Å². The number of aliphatic hydroxyl groups excluding tert-OH is 1. The van der Waals surface area contributed by atoms with Crippen LogP contribution in [0.1, 0.15) is 49.9 Å². The van der Waals surface area contributed by atoms with Crippen LogP contribution < -0.4 is 20.5 Å². The van der Waals surface area contributed by atoms with E-state index in [1.165, 1.54) is 48.2 Å². The molecule has 0 saturated carbocycles. The van der Waals surface area contributed by atoms with E-state index in [1.807, 2.05) is 30.3 Å². The number of nitrogens with zero attached hydrogens (tertiary/aromatic N) is 4. The van der Waals surface area contributed by atoms with E-state index >= 15 is 0 Å². The molecule has 0 saturated heterocycles. The number of rotatable bonds is 14. The van der Waals surface area contributed by atoms with Crippen molar-refractivity contribution in [3.63, 3.8) is 0 Å². The summed E-state index contributed by atoms with van der Waals surface area (Å²) in [6, 6.07) is 24.2. The number of halogens is 1. The Bertz CT molecular complexity index is 2680. The number of hydrogen-bond donors (Lipinski definition) is 2. The van der Waals surface area contributed by atoms with Gasteiger partial charge in [-0.25, -0.2) is 18.0 Å². The number of aryl methyl sites for hydroxylation is 1. The highest BCUT2D eigenvalue weighted by molar-refractivity contribution is 7.89. The zero-order valence-electron chi connectivity index (χ0n) is 33.1. The summed E-state index contributed by atoms with van der Waals surface area (Å²) in [7, 11) is -0.815. The maximum absolute atomic E-state index is 14.1. The van der Waals surface area contributed by atoms with Crippen LogP contribution in [0.2, 0.25) is 5.02 Å². The molecule has 1 aromatic heterocycles. The van der Waals surface area contributed by atoms with Crippen molar-refractivity contribution < 1.29 is 42.1 Å². The predicted molar refractivity (Wildman–Crippen MR) is 223 cm³/mol. The largest absolute Gasteiger partial charge is 0.497 e. The van der Waals surface area contributed by atoms with Crippen LogP contribution >= 0.6 is 11.6 Å². The van der Waals surface area contributed by atoms with Gasteiger partial charge in [-0.2, -0.15) is 4.31 Å². The third kappa shape index (κ3) is 8.11. The molecule has 0 aliphatic carbocycles. The number of benzene rings is 4. The second-order valence-electron chi connectivity index (χ2n) is 14.2. The van der Waals surface area contributed by atoms with E-state index < -0.39 is 46.6 Å². The summed E-state index contributed by atoms with van der Waals surface area (Å²) in [4.78, 5) is 55.7. The normalized spacial score (nSPS) is 16.4. The Morgan fingerprint density at radius 3 is 2.35 bits per heavy atom. The van der Waals surface area contributed by atoms with E-state index in [4.69, 9.17) is 25.8 Å². The molecule has 0 fully saturated rings. The lowest BCUT2D eigenvalue weighted by atomic mass is 9.93. The molecule has 4 aromatic carbocycles. The second-order valence-corrected chi connectivity index (χ2v) is 16.5. The molecule has 2 aliphatic heterocycles. The lowest BCUT2D eigenvalue weighted by molar-refractivity contribution is -0.143. The first-order valence-corrected chi connectivity index (χ1v) is 20.7. The molecule has 60 heavy (non-hydrogen) atoms. The highest BCUT2D eigenvalue weighted by Gasteiger charge is 2.38. The number of aromatic nitrogens is 2. The summed E-state index contributed by atoms with van der Waals surface area (Å²) in [6.07, 6.45) is 0.568. The topological polar surface area (TPSA) is 179 Å². The second kappa shape index (κ2) is 17.3. The molecule has 0 unspecified atom stereocenters. The third-order valence-corrected chi connectivity index (χ3v) is 12.6. The number of para-hydroxylation sites is 1. The summed E-state index contributed by atoms with van der Waals surface area (Å²) in [5.41, 5.74) is 3.01. The minimum absolute atomic E-state index is 0.00113. The first kappa shape index (κ1) is 42.1. The molecule has 7 rings (SSSR count). The smallest absolute Gasteiger partial charge is 0.290 e. The number of fused-ring (bicyclic) bond motifs is 1. The Kier molecular flexibility index (Phi) is 12.1. The van der Waals surface area contributed by atoms with Crippen molar-refractivity contribution in [3.05, 3.63) is 146 Å². The molecule has 2 N–H and O–H groups in total. The molecular weight excluding hydrogens is 814 g/mol. The van der Waals surface area contributed by atoms with Crippen LogP contribution in [0.5, 0.6) is 5.75 Å². The van der Waals surface area contributed by atoms with E-state index in [9.17, 15) is 32.7 Å². The fourth-order valence-electron chi connectivity index (χ4n) is 7.39. The van der Waals surface area contributed by atoms with Gasteiger partial charge in [0.2, 0.25) is 16.3 Å². The molecule has 5 aromatic rings. The number of hydrogen-bond acceptors (Lipinski definition) is 10. The van der Waals surface area contributed by atoms with E-state index in [0.29, 0.717) is 44.7 Å². The van der Waals surface area contributed by atoms with Gasteiger partial charge in [0.25, 0.3) is 23.3 Å². The van der Waals surface area contributed by atoms with Gasteiger partial charge in [-0.3, -0.25) is 23.9 Å². The number of carbonyl (C=O) groups is 3. The number of methoxy groups -OCH3 is 1. The number of carbonyl (C=O) groups excluding carboxylic acids is 3. The van der Waals surface area contributed by atoms with Crippen molar-refractivity contribution >= 4 is 50.7 Å². The van der Waals surface area contributed by atoms with Crippen molar-refractivity contribution in [2.24, 2.45) is 7.05 Å². The zero-order valence-corrected chi connectivity index (χ0v) is 34.7. The van der Waals surface area contributed by atoms with Gasteiger partial charge in [0.1, 0.15) is 5.75 Å². The first-order valence-electron chi connectivity index (χ1n) is 18.9. The van der Waals surface area contributed by atoms with Crippen molar-refractivity contribution in [2.45, 2.75) is 37.4 Å². The van der Waals surface area contributed by atoms with Crippen molar-refractivity contribution in [3.8, 4) is 11.4 Å². The summed E-state index contributed by atoms with van der Waals surface area (Å²) in [6.45, 7) is 2.50. The van der Waals surface area contributed by atoms with E-state index in [0.717, 1.165) is 9.21 Å². The van der Waals surface area contributed by atoms with Crippen molar-refractivity contribution in [1.82, 2.24) is 13.7 Å². The molecule has 3 heterocycles. The molecule has 2 atom stereocenters. The molecule has 0 radical (unpaired) electrons. The highest BCUT2D eigenvalue weighted by Crippen LogP contribution is 2.35. The van der Waals surface area contributed by atoms with E-state index in [-0.39, 0.29) is 53.5 Å². The quantitative estimate of drug-likeness (QED) is 0.139. The molecule has 2 aliphatic rings. The molecule has 3 amide bonds. The standard InChI is InChI=1S/C43H42ClN5O10S/c1-26-22-30(11-17-36(26)48-41(52)34-16-10-29(44)25-35(34)42(48)53)45-40(51)37-23-28(39-27(2)46(3)49(43(39)54)31-8-6-5-7-9-31)24-38(59-37)58-21-19-47(18-20-50)60(55,56)33-14-12-32(57-4)13-15-33/h5-17,22-23,25,28,38,50H,18-21,24H2,1-4H3,(H,45,51)/t28-,38+/m0/s1. The number of sulfonamides is 1. The van der Waals surface area contributed by atoms with Gasteiger partial charge >= 0.3 is 0 Å². The van der Waals surface area contributed by atoms with Crippen LogP contribution in [0.25, 0.3) is 5.69 Å². The van der Waals surface area contributed by atoms with Crippen LogP contribution in [0, 0.1) is 13.8 Å². The van der Waals surface area contributed by atoms with Crippen LogP contribution in [-0.2, 0) is 31.3 Å². The summed E-state index contributed by atoms with van der Waals surface area (Å²) in [5.74, 6) is -2.03. The monoisotopic (exact) mass is 855 g/mol. The SMILES string of the molecule is COc1ccc(S(=O)(=O)N(CCO)CCO[C@H]2C[C@@H](c3c(C)n(C)n(-c4ccccc4)c3=O)C=C(C(=O)Nc3ccc(N4C(=O)c5ccc(Cl)cc5C4=O)c(C)c3)O2)cc1. The Hall–Kier alpha value is -6.04. The Balaban J connectivity index is 1.14. The fourth-order valence-corrected chi connectivity index (χ4v) is 8.98. The highest BCUT2D eigenvalue weighted by atomic mass is 35.5. The average Bonchev–Trinajstić information content (AvgIpc) is 3.61. The first-order chi connectivity index (χ1) is 28.7. The number of allylic oxidation sites excluding steroid dienone is 1. The van der Waals surface area contributed by atoms with Gasteiger partial charge in [0.05, 0.1) is 47.7 Å². The summed E-state index contributed by atoms with van der Waals surface area (Å²) in [5, 5.41) is 12.9. The maximum Gasteiger partial charge on any atom is 0.290 e. The number of ether oxygens (including phenoxy) is 3. The van der Waals surface area contributed by atoms with Crippen molar-refractivity contribution in [2.75, 3.05) is 43.6 Å². The van der Waals surface area contributed by atoms with E-state index in [2.05, 4.69) is 5.32 Å². The van der Waals surface area contributed by atoms with Gasteiger partial charge in [-0.1, -0.05) is 29.8 Å². The summed E-state index contributed by atoms with van der Waals surface area (Å²) < 4.78 is 48.8. The lowest BCUT2D eigenvalue weighted by Crippen LogP contribution is -2.38. The van der Waals surface area contributed by atoms with Gasteiger partial charge in [0, 0.05) is 54.4 Å². The van der Waals surface area contributed by atoms with Crippen molar-refractivity contribution in [1.29, 1.82) is 0 Å². The maximum atomic E-state index is 14.1. The molecule has 17 heteroatoms. The third-order valence-electron chi connectivity index (χ3n) is 10.5. The van der Waals surface area contributed by atoms with Crippen LogP contribution in [0.15, 0.2) is 113 Å². The van der Waals surface area contributed by atoms with Gasteiger partial charge < -0.3 is 24.6 Å². The number of amides is 3. The lowest BCUT2D eigenvalue weighted by Gasteiger charge is -2.30. The van der Waals surface area contributed by atoms with Crippen LogP contribution in [0.4, 0.5) is 11.4 Å². The Labute approximate surface area is 351 Å². The van der Waals surface area contributed by atoms with Gasteiger partial charge in [-0.05, 0) is 98.3 Å². The minimum Gasteiger partial charge on any atom is -0.497 e. The Morgan fingerprint density at radius 1 is 0.950 bits per heavy atom. The minimum atomic E-state index is -4.05. The van der Waals surface area contributed by atoms with Gasteiger partial charge in [-0.15, -0.1) is 0 Å². The molecule has 0 spiro atoms. The summed E-state index contributed by atoms with van der Waals surface area (Å²) >= 11 is 6.09. The zero-order chi connectivity index (χ0) is 42.9. The predicted octanol–water partition coefficient (Wildman–Crippen LogP) is 5.31. The molecule has 0 bridgehead atoms. The molecule has 15 nitrogen and oxygen atoms in total. The average molecular weight is 856 g/mol. The number of nitrogens with one attached hydrogen (secondary N) is 1. The van der Waals surface area contributed by atoms with Gasteiger partial charge in [0.15, 0.2) is 5.76 Å². The van der Waals surface area contributed by atoms with Crippen LogP contribution in [-0.4, -0.2) is 84.6 Å². The molecule has 312 valence electrons. The number of aliphatic hydroxyl groups is 1. The fraction of sp³-hybridized carbons (Fsp3) is 0.256. The van der Waals surface area contributed by atoms with Crippen LogP contribution in [0.3, 0.4) is 0 Å². The number of anilines is 2. The Morgan fingerprint density at radius 2 is 1.67 bits per heavy atom. The number of imide groups is 1. The molecular formula is C43H42ClN5O10S.